The van der Waals surface area contributed by atoms with E-state index in [1.807, 2.05) is 0 Å². The monoisotopic (exact) mass is 276 g/mol. The van der Waals surface area contributed by atoms with Crippen LogP contribution in [0, 0.1) is 6.92 Å². The van der Waals surface area contributed by atoms with E-state index in [0.29, 0.717) is 5.92 Å². The summed E-state index contributed by atoms with van der Waals surface area (Å²) in [4.78, 5) is 0. The maximum absolute atomic E-state index is 2.40. The predicted molar refractivity (Wildman–Crippen MR) is 92.4 cm³/mol. The molecule has 0 N–H and O–H groups in total. The molecule has 2 aromatic rings. The molecule has 0 saturated carbocycles. The summed E-state index contributed by atoms with van der Waals surface area (Å²) in [5.74, 6) is 0.579. The third kappa shape index (κ3) is 2.95. The van der Waals surface area contributed by atoms with Gasteiger partial charge in [-0.05, 0) is 35.6 Å². The molecule has 3 rings (SSSR count). The molecule has 0 nitrogen and oxygen atoms in total. The third-order valence-corrected chi connectivity index (χ3v) is 4.54. The predicted octanol–water partition coefficient (Wildman–Crippen LogP) is 6.21. The van der Waals surface area contributed by atoms with E-state index in [1.165, 1.54) is 53.5 Å². The van der Waals surface area contributed by atoms with Gasteiger partial charge in [-0.15, -0.1) is 0 Å². The highest BCUT2D eigenvalue weighted by atomic mass is 14.3. The lowest BCUT2D eigenvalue weighted by atomic mass is 9.87. The number of hydrogen-bond donors (Lipinski definition) is 0. The van der Waals surface area contributed by atoms with Gasteiger partial charge in [0.15, 0.2) is 0 Å². The first-order chi connectivity index (χ1) is 10.3. The molecule has 0 aromatic heterocycles. The minimum atomic E-state index is 0.579. The summed E-state index contributed by atoms with van der Waals surface area (Å²) in [5.41, 5.74) is 7.15. The Morgan fingerprint density at radius 2 is 1.67 bits per heavy atom. The zero-order chi connectivity index (χ0) is 14.7. The number of aryl methyl sites for hydroxylation is 1. The number of hydrogen-bond acceptors (Lipinski definition) is 0. The Morgan fingerprint density at radius 3 is 2.43 bits per heavy atom. The van der Waals surface area contributed by atoms with Gasteiger partial charge in [-0.3, -0.25) is 0 Å². The minimum Gasteiger partial charge on any atom is -0.0654 e. The smallest absolute Gasteiger partial charge is 0.0101 e. The van der Waals surface area contributed by atoms with E-state index >= 15 is 0 Å². The lowest BCUT2D eigenvalue weighted by molar-refractivity contribution is 0.639. The average Bonchev–Trinajstić information content (AvgIpc) is 2.87. The third-order valence-electron chi connectivity index (χ3n) is 4.54. The quantitative estimate of drug-likeness (QED) is 0.569. The molecule has 21 heavy (non-hydrogen) atoms. The minimum absolute atomic E-state index is 0.579. The molecular formula is C21H24. The van der Waals surface area contributed by atoms with Crippen LogP contribution in [-0.2, 0) is 0 Å². The van der Waals surface area contributed by atoms with Gasteiger partial charge in [-0.1, -0.05) is 86.4 Å². The second-order valence-electron chi connectivity index (χ2n) is 6.14. The lowest BCUT2D eigenvalue weighted by Gasteiger charge is -2.17. The Labute approximate surface area is 128 Å². The summed E-state index contributed by atoms with van der Waals surface area (Å²) in [7, 11) is 0. The van der Waals surface area contributed by atoms with Crippen molar-refractivity contribution in [2.24, 2.45) is 0 Å². The highest BCUT2D eigenvalue weighted by Gasteiger charge is 2.25. The molecule has 0 radical (unpaired) electrons. The maximum Gasteiger partial charge on any atom is 0.0101 e. The van der Waals surface area contributed by atoms with Crippen molar-refractivity contribution < 1.29 is 0 Å². The summed E-state index contributed by atoms with van der Waals surface area (Å²) in [5, 5.41) is 0. The highest BCUT2D eigenvalue weighted by Crippen LogP contribution is 2.44. The van der Waals surface area contributed by atoms with Crippen LogP contribution in [0.4, 0.5) is 0 Å². The number of benzene rings is 2. The summed E-state index contributed by atoms with van der Waals surface area (Å²) < 4.78 is 0. The van der Waals surface area contributed by atoms with Crippen molar-refractivity contribution in [3.05, 3.63) is 70.8 Å². The molecule has 1 aliphatic carbocycles. The van der Waals surface area contributed by atoms with Crippen LogP contribution in [0.5, 0.6) is 0 Å². The fourth-order valence-electron chi connectivity index (χ4n) is 3.34. The molecule has 108 valence electrons. The Morgan fingerprint density at radius 1 is 0.905 bits per heavy atom. The second-order valence-corrected chi connectivity index (χ2v) is 6.14. The largest absolute Gasteiger partial charge is 0.0654 e. The number of allylic oxidation sites excluding steroid dienone is 1. The fourth-order valence-corrected chi connectivity index (χ4v) is 3.34. The van der Waals surface area contributed by atoms with Crippen LogP contribution >= 0.6 is 0 Å². The first kappa shape index (κ1) is 14.1. The van der Waals surface area contributed by atoms with Crippen molar-refractivity contribution in [3.8, 4) is 0 Å². The van der Waals surface area contributed by atoms with Gasteiger partial charge in [0.05, 0.1) is 0 Å². The lowest BCUT2D eigenvalue weighted by Crippen LogP contribution is -1.99. The van der Waals surface area contributed by atoms with Crippen LogP contribution in [0.3, 0.4) is 0 Å². The molecule has 0 heterocycles. The molecule has 0 saturated heterocycles. The van der Waals surface area contributed by atoms with Gasteiger partial charge < -0.3 is 0 Å². The molecule has 1 atom stereocenters. The van der Waals surface area contributed by atoms with Gasteiger partial charge in [0.25, 0.3) is 0 Å². The van der Waals surface area contributed by atoms with Gasteiger partial charge in [-0.25, -0.2) is 0 Å². The van der Waals surface area contributed by atoms with Crippen LogP contribution in [0.25, 0.3) is 11.6 Å². The first-order valence-electron chi connectivity index (χ1n) is 8.17. The van der Waals surface area contributed by atoms with Gasteiger partial charge in [0, 0.05) is 5.92 Å². The Kier molecular flexibility index (Phi) is 4.24. The van der Waals surface area contributed by atoms with Crippen LogP contribution in [0.15, 0.2) is 48.5 Å². The van der Waals surface area contributed by atoms with Crippen molar-refractivity contribution in [1.29, 1.82) is 0 Å². The zero-order valence-electron chi connectivity index (χ0n) is 13.1. The summed E-state index contributed by atoms with van der Waals surface area (Å²) in [6, 6.07) is 17.9. The van der Waals surface area contributed by atoms with E-state index in [4.69, 9.17) is 0 Å². The maximum atomic E-state index is 2.40. The van der Waals surface area contributed by atoms with Gasteiger partial charge in [-0.2, -0.15) is 0 Å². The molecule has 0 heteroatoms. The van der Waals surface area contributed by atoms with Crippen molar-refractivity contribution in [2.75, 3.05) is 0 Å². The Bertz CT molecular complexity index is 631. The van der Waals surface area contributed by atoms with E-state index in [1.54, 1.807) is 0 Å². The van der Waals surface area contributed by atoms with Crippen LogP contribution < -0.4 is 0 Å². The fraction of sp³-hybridized carbons (Fsp3) is 0.333. The van der Waals surface area contributed by atoms with E-state index in [-0.39, 0.29) is 0 Å². The molecular weight excluding hydrogens is 252 g/mol. The van der Waals surface area contributed by atoms with Crippen molar-refractivity contribution in [3.63, 3.8) is 0 Å². The summed E-state index contributed by atoms with van der Waals surface area (Å²) in [6.45, 7) is 4.43. The Balaban J connectivity index is 1.92. The van der Waals surface area contributed by atoms with Gasteiger partial charge >= 0.3 is 0 Å². The SMILES string of the molecule is CCCCCC1C(c2ccc(C)cc2)=Cc2ccccc21. The van der Waals surface area contributed by atoms with Crippen LogP contribution in [-0.4, -0.2) is 0 Å². The summed E-state index contributed by atoms with van der Waals surface area (Å²) >= 11 is 0. The van der Waals surface area contributed by atoms with E-state index in [2.05, 4.69) is 68.5 Å². The zero-order valence-corrected chi connectivity index (χ0v) is 13.1. The first-order valence-corrected chi connectivity index (χ1v) is 8.17. The second kappa shape index (κ2) is 6.30. The number of fused-ring (bicyclic) bond motifs is 1. The normalized spacial score (nSPS) is 16.7. The molecule has 1 unspecified atom stereocenters. The van der Waals surface area contributed by atoms with Gasteiger partial charge in [0.1, 0.15) is 0 Å². The molecule has 0 aliphatic heterocycles. The van der Waals surface area contributed by atoms with E-state index in [0.717, 1.165) is 0 Å². The highest BCUT2D eigenvalue weighted by molar-refractivity contribution is 5.91. The van der Waals surface area contributed by atoms with Crippen LogP contribution in [0.2, 0.25) is 0 Å². The average molecular weight is 276 g/mol. The van der Waals surface area contributed by atoms with Crippen molar-refractivity contribution in [1.82, 2.24) is 0 Å². The standard InChI is InChI=1S/C21H24/c1-3-4-5-10-20-19-9-7-6-8-18(19)15-21(20)17-13-11-16(2)12-14-17/h6-9,11-15,20H,3-5,10H2,1-2H3. The molecule has 0 fully saturated rings. The molecule has 0 amide bonds. The molecule has 0 bridgehead atoms. The molecule has 0 spiro atoms. The van der Waals surface area contributed by atoms with Crippen LogP contribution in [0.1, 0.15) is 60.8 Å². The molecule has 2 aromatic carbocycles. The van der Waals surface area contributed by atoms with Crippen molar-refractivity contribution >= 4 is 11.6 Å². The topological polar surface area (TPSA) is 0 Å². The van der Waals surface area contributed by atoms with E-state index < -0.39 is 0 Å². The van der Waals surface area contributed by atoms with Crippen molar-refractivity contribution in [2.45, 2.75) is 45.4 Å². The Hall–Kier alpha value is -1.82. The van der Waals surface area contributed by atoms with E-state index in [9.17, 15) is 0 Å². The summed E-state index contributed by atoms with van der Waals surface area (Å²) in [6.07, 6.45) is 7.61. The number of rotatable bonds is 5. The number of unbranched alkanes of at least 4 members (excludes halogenated alkanes) is 2. The van der Waals surface area contributed by atoms with Gasteiger partial charge in [0.2, 0.25) is 0 Å². The molecule has 1 aliphatic rings.